The molecule has 32 heavy (non-hydrogen) atoms. The smallest absolute Gasteiger partial charge is 0.255 e. The second-order valence-electron chi connectivity index (χ2n) is 6.88. The van der Waals surface area contributed by atoms with E-state index >= 15 is 0 Å². The first-order chi connectivity index (χ1) is 15.5. The molecule has 2 heterocycles. The minimum Gasteiger partial charge on any atom is -0.489 e. The lowest BCUT2D eigenvalue weighted by Crippen LogP contribution is -2.21. The lowest BCUT2D eigenvalue weighted by atomic mass is 10.2. The van der Waals surface area contributed by atoms with Gasteiger partial charge in [-0.15, -0.1) is 0 Å². The average Bonchev–Trinajstić information content (AvgIpc) is 2.80. The summed E-state index contributed by atoms with van der Waals surface area (Å²) in [5, 5.41) is 21.5. The predicted octanol–water partition coefficient (Wildman–Crippen LogP) is 2.85. The summed E-state index contributed by atoms with van der Waals surface area (Å²) in [7, 11) is 0. The van der Waals surface area contributed by atoms with Crippen molar-refractivity contribution in [3.8, 4) is 5.75 Å². The molecular formula is C22H20FN5O4. The predicted molar refractivity (Wildman–Crippen MR) is 118 cm³/mol. The van der Waals surface area contributed by atoms with Gasteiger partial charge in [-0.1, -0.05) is 12.6 Å². The summed E-state index contributed by atoms with van der Waals surface area (Å²) in [6, 6.07) is 11.5. The first kappa shape index (κ1) is 21.2. The van der Waals surface area contributed by atoms with Crippen molar-refractivity contribution in [3.63, 3.8) is 0 Å². The van der Waals surface area contributed by atoms with Crippen LogP contribution < -0.4 is 10.1 Å². The number of aromatic nitrogens is 4. The summed E-state index contributed by atoms with van der Waals surface area (Å²) in [4.78, 5) is 24.4. The van der Waals surface area contributed by atoms with Gasteiger partial charge in [0, 0.05) is 6.20 Å². The van der Waals surface area contributed by atoms with Gasteiger partial charge in [-0.05, 0) is 42.5 Å². The van der Waals surface area contributed by atoms with Crippen molar-refractivity contribution in [3.05, 3.63) is 67.1 Å². The minimum atomic E-state index is -1.09. The second-order valence-corrected chi connectivity index (χ2v) is 6.88. The van der Waals surface area contributed by atoms with E-state index in [1.807, 2.05) is 0 Å². The zero-order valence-corrected chi connectivity index (χ0v) is 16.8. The molecular weight excluding hydrogens is 417 g/mol. The number of halogens is 1. The number of nitrogens with one attached hydrogen (secondary N) is 2. The quantitative estimate of drug-likeness (QED) is 0.452. The van der Waals surface area contributed by atoms with Crippen molar-refractivity contribution in [1.82, 2.24) is 19.5 Å². The van der Waals surface area contributed by atoms with Crippen LogP contribution in [0.2, 0.25) is 0 Å². The van der Waals surface area contributed by atoms with Gasteiger partial charge in [-0.3, -0.25) is 9.36 Å². The number of rotatable bonds is 5. The number of hydrogen-bond acceptors (Lipinski definition) is 7. The number of hydrogen-bond donors (Lipinski definition) is 4. The van der Waals surface area contributed by atoms with E-state index < -0.39 is 24.4 Å². The molecule has 1 atom stereocenters. The molecule has 10 heteroatoms. The fraction of sp³-hybridized carbons (Fsp3) is 0.136. The highest BCUT2D eigenvalue weighted by Crippen LogP contribution is 2.25. The largest absolute Gasteiger partial charge is 0.489 e. The van der Waals surface area contributed by atoms with Crippen LogP contribution in [0.4, 0.5) is 10.3 Å². The molecule has 0 aliphatic carbocycles. The van der Waals surface area contributed by atoms with E-state index in [9.17, 15) is 14.3 Å². The van der Waals surface area contributed by atoms with E-state index in [1.165, 1.54) is 4.57 Å². The van der Waals surface area contributed by atoms with E-state index in [1.54, 1.807) is 42.5 Å². The van der Waals surface area contributed by atoms with Crippen molar-refractivity contribution in [2.45, 2.75) is 6.10 Å². The molecule has 0 radical (unpaired) electrons. The Morgan fingerprint density at radius 3 is 2.84 bits per heavy atom. The molecule has 0 spiro atoms. The Hall–Kier alpha value is -4.02. The minimum absolute atomic E-state index is 0.0278. The molecule has 1 aliphatic heterocycles. The maximum atomic E-state index is 14.3. The SMILES string of the molecule is C=CC(=O)n1c2cccc(c2)nc2[nH]c(nc3ccc(OCC(O)CO)c1c3)NC=C2F. The number of aliphatic hydroxyl groups excluding tert-OH is 2. The van der Waals surface area contributed by atoms with Crippen LogP contribution in [0.3, 0.4) is 0 Å². The lowest BCUT2D eigenvalue weighted by molar-refractivity contribution is 0.0539. The van der Waals surface area contributed by atoms with Gasteiger partial charge in [0.15, 0.2) is 11.7 Å². The van der Waals surface area contributed by atoms with Crippen molar-refractivity contribution in [1.29, 1.82) is 0 Å². The third-order valence-corrected chi connectivity index (χ3v) is 4.59. The fourth-order valence-corrected chi connectivity index (χ4v) is 3.10. The fourth-order valence-electron chi connectivity index (χ4n) is 3.10. The maximum Gasteiger partial charge on any atom is 0.255 e. The van der Waals surface area contributed by atoms with Crippen LogP contribution in [-0.2, 0) is 0 Å². The number of H-pyrrole nitrogens is 1. The number of nitrogens with zero attached hydrogens (tertiary/aromatic N) is 3. The second kappa shape index (κ2) is 9.00. The van der Waals surface area contributed by atoms with Gasteiger partial charge in [0.05, 0.1) is 28.7 Å². The highest BCUT2D eigenvalue weighted by Gasteiger charge is 2.13. The number of aromatic amines is 1. The zero-order chi connectivity index (χ0) is 22.7. The average molecular weight is 437 g/mol. The van der Waals surface area contributed by atoms with Gasteiger partial charge in [-0.25, -0.2) is 14.4 Å². The summed E-state index contributed by atoms with van der Waals surface area (Å²) < 4.78 is 21.3. The molecule has 0 amide bonds. The monoisotopic (exact) mass is 437 g/mol. The van der Waals surface area contributed by atoms with Gasteiger partial charge in [-0.2, -0.15) is 0 Å². The first-order valence-corrected chi connectivity index (χ1v) is 9.68. The first-order valence-electron chi connectivity index (χ1n) is 9.68. The van der Waals surface area contributed by atoms with Crippen LogP contribution in [0.5, 0.6) is 5.75 Å². The van der Waals surface area contributed by atoms with Crippen molar-refractivity contribution < 1.29 is 24.1 Å². The maximum absolute atomic E-state index is 14.3. The van der Waals surface area contributed by atoms with Crippen LogP contribution in [0.25, 0.3) is 27.9 Å². The number of benzene rings is 2. The lowest BCUT2D eigenvalue weighted by Gasteiger charge is -2.15. The van der Waals surface area contributed by atoms with E-state index in [0.29, 0.717) is 22.1 Å². The number of fused-ring (bicyclic) bond motifs is 6. The Labute approximate surface area is 181 Å². The standard InChI is InChI=1S/C22H20FN5O4/c1-2-20(31)28-15-5-3-4-13(8-15)25-21-17(23)10-24-22(27-21)26-14-6-7-19(18(28)9-14)32-12-16(30)11-29/h2-10,16,29-30H,1,11-12H2,(H2,24,25,26,27). The van der Waals surface area contributed by atoms with E-state index in [2.05, 4.69) is 26.8 Å². The third kappa shape index (κ3) is 4.36. The number of anilines is 1. The number of carbonyl (C=O) groups is 1. The van der Waals surface area contributed by atoms with Crippen LogP contribution in [0, 0.1) is 0 Å². The number of ether oxygens (including phenoxy) is 1. The van der Waals surface area contributed by atoms with Gasteiger partial charge in [0.2, 0.25) is 5.95 Å². The Morgan fingerprint density at radius 1 is 1.25 bits per heavy atom. The van der Waals surface area contributed by atoms with Crippen LogP contribution in [0.15, 0.2) is 61.3 Å². The Kier molecular flexibility index (Phi) is 5.97. The number of aliphatic hydroxyl groups is 2. The van der Waals surface area contributed by atoms with Crippen LogP contribution in [0.1, 0.15) is 10.6 Å². The Morgan fingerprint density at radius 2 is 2.06 bits per heavy atom. The summed E-state index contributed by atoms with van der Waals surface area (Å²) in [6.07, 6.45) is 1.20. The molecule has 1 aliphatic rings. The summed E-state index contributed by atoms with van der Waals surface area (Å²) in [6.45, 7) is 2.92. The van der Waals surface area contributed by atoms with Crippen LogP contribution in [-0.4, -0.2) is 55.0 Å². The van der Waals surface area contributed by atoms with Crippen LogP contribution >= 0.6 is 0 Å². The highest BCUT2D eigenvalue weighted by atomic mass is 19.1. The van der Waals surface area contributed by atoms with E-state index in [4.69, 9.17) is 9.84 Å². The molecule has 1 aromatic heterocycles. The number of allylic oxidation sites excluding steroid dienone is 1. The highest BCUT2D eigenvalue weighted by molar-refractivity contribution is 5.98. The number of carbonyl (C=O) groups excluding carboxylic acids is 1. The van der Waals surface area contributed by atoms with Gasteiger partial charge >= 0.3 is 0 Å². The van der Waals surface area contributed by atoms with E-state index in [0.717, 1.165) is 12.3 Å². The molecule has 6 bridgehead atoms. The zero-order valence-electron chi connectivity index (χ0n) is 16.8. The molecule has 2 aromatic carbocycles. The van der Waals surface area contributed by atoms with Crippen molar-refractivity contribution >= 4 is 39.7 Å². The molecule has 0 saturated carbocycles. The van der Waals surface area contributed by atoms with Gasteiger partial charge < -0.3 is 25.3 Å². The molecule has 4 N–H and O–H groups in total. The van der Waals surface area contributed by atoms with Crippen molar-refractivity contribution in [2.75, 3.05) is 18.5 Å². The molecule has 3 aromatic rings. The van der Waals surface area contributed by atoms with E-state index in [-0.39, 0.29) is 24.1 Å². The summed E-state index contributed by atoms with van der Waals surface area (Å²) in [5.74, 6) is -0.568. The van der Waals surface area contributed by atoms with Gasteiger partial charge in [0.25, 0.3) is 5.91 Å². The molecule has 9 nitrogen and oxygen atoms in total. The molecule has 164 valence electrons. The van der Waals surface area contributed by atoms with Gasteiger partial charge in [0.1, 0.15) is 18.5 Å². The Balaban J connectivity index is 2.11. The normalized spacial score (nSPS) is 13.0. The topological polar surface area (TPSA) is 125 Å². The molecule has 1 unspecified atom stereocenters. The third-order valence-electron chi connectivity index (χ3n) is 4.59. The molecule has 4 rings (SSSR count). The molecule has 0 saturated heterocycles. The van der Waals surface area contributed by atoms with Crippen molar-refractivity contribution in [2.24, 2.45) is 0 Å². The summed E-state index contributed by atoms with van der Waals surface area (Å²) >= 11 is 0. The summed E-state index contributed by atoms with van der Waals surface area (Å²) in [5.41, 5.74) is 1.59. The Bertz CT molecular complexity index is 1330. The molecule has 0 fully saturated rings.